The average Bonchev–Trinajstić information content (AvgIpc) is 2.45. The lowest BCUT2D eigenvalue weighted by Crippen LogP contribution is -2.14. The zero-order valence-electron chi connectivity index (χ0n) is 10.1. The maximum Gasteiger partial charge on any atom is 0.354 e. The Kier molecular flexibility index (Phi) is 4.28. The standard InChI is InChI=1S/C13H13N3O3/c17-12(18)11-6-7-14-13(16-11)15-8-9-19-10-4-2-1-3-5-10/h1-7H,8-9H2,(H,17,18)(H,14,15,16). The van der Waals surface area contributed by atoms with E-state index in [9.17, 15) is 4.79 Å². The van der Waals surface area contributed by atoms with Gasteiger partial charge in [-0.05, 0) is 18.2 Å². The van der Waals surface area contributed by atoms with Crippen LogP contribution in [0.5, 0.6) is 5.75 Å². The molecule has 0 radical (unpaired) electrons. The van der Waals surface area contributed by atoms with E-state index < -0.39 is 5.97 Å². The van der Waals surface area contributed by atoms with Gasteiger partial charge in [0.05, 0.1) is 6.54 Å². The SMILES string of the molecule is O=C(O)c1ccnc(NCCOc2ccccc2)n1. The Morgan fingerprint density at radius 2 is 2.05 bits per heavy atom. The van der Waals surface area contributed by atoms with E-state index in [4.69, 9.17) is 9.84 Å². The summed E-state index contributed by atoms with van der Waals surface area (Å²) in [5.41, 5.74) is -0.0403. The summed E-state index contributed by atoms with van der Waals surface area (Å²) in [6.45, 7) is 0.919. The lowest BCUT2D eigenvalue weighted by molar-refractivity contribution is 0.0690. The predicted octanol–water partition coefficient (Wildman–Crippen LogP) is 1.67. The number of hydrogen-bond donors (Lipinski definition) is 2. The second-order valence-corrected chi connectivity index (χ2v) is 3.66. The predicted molar refractivity (Wildman–Crippen MR) is 69.4 cm³/mol. The van der Waals surface area contributed by atoms with Crippen molar-refractivity contribution < 1.29 is 14.6 Å². The van der Waals surface area contributed by atoms with Crippen LogP contribution < -0.4 is 10.1 Å². The molecule has 0 saturated heterocycles. The number of benzene rings is 1. The van der Waals surface area contributed by atoms with E-state index in [1.54, 1.807) is 0 Å². The molecule has 19 heavy (non-hydrogen) atoms. The molecular weight excluding hydrogens is 246 g/mol. The fourth-order valence-corrected chi connectivity index (χ4v) is 1.41. The number of ether oxygens (including phenoxy) is 1. The summed E-state index contributed by atoms with van der Waals surface area (Å²) in [5.74, 6) is -0.0212. The highest BCUT2D eigenvalue weighted by Crippen LogP contribution is 2.07. The quantitative estimate of drug-likeness (QED) is 0.767. The van der Waals surface area contributed by atoms with Crippen LogP contribution in [-0.2, 0) is 0 Å². The minimum absolute atomic E-state index is 0.0403. The Hall–Kier alpha value is -2.63. The van der Waals surface area contributed by atoms with Crippen LogP contribution in [0.2, 0.25) is 0 Å². The van der Waals surface area contributed by atoms with E-state index in [0.717, 1.165) is 5.75 Å². The van der Waals surface area contributed by atoms with Gasteiger partial charge in [-0.1, -0.05) is 18.2 Å². The molecule has 0 bridgehead atoms. The van der Waals surface area contributed by atoms with E-state index in [0.29, 0.717) is 13.2 Å². The number of rotatable bonds is 6. The highest BCUT2D eigenvalue weighted by Gasteiger charge is 2.05. The second-order valence-electron chi connectivity index (χ2n) is 3.66. The van der Waals surface area contributed by atoms with Gasteiger partial charge in [-0.3, -0.25) is 0 Å². The molecule has 98 valence electrons. The third-order valence-corrected chi connectivity index (χ3v) is 2.27. The van der Waals surface area contributed by atoms with Crippen molar-refractivity contribution in [2.45, 2.75) is 0 Å². The zero-order valence-corrected chi connectivity index (χ0v) is 10.1. The van der Waals surface area contributed by atoms with Gasteiger partial charge in [-0.2, -0.15) is 0 Å². The first-order valence-electron chi connectivity index (χ1n) is 5.74. The third kappa shape index (κ3) is 3.95. The van der Waals surface area contributed by atoms with E-state index >= 15 is 0 Å². The lowest BCUT2D eigenvalue weighted by Gasteiger charge is -2.07. The molecule has 0 amide bonds. The van der Waals surface area contributed by atoms with Crippen LogP contribution in [0.1, 0.15) is 10.5 Å². The molecule has 1 aromatic heterocycles. The molecule has 2 rings (SSSR count). The van der Waals surface area contributed by atoms with Gasteiger partial charge in [-0.25, -0.2) is 14.8 Å². The maximum atomic E-state index is 10.7. The Balaban J connectivity index is 1.80. The lowest BCUT2D eigenvalue weighted by atomic mass is 10.3. The normalized spacial score (nSPS) is 9.89. The van der Waals surface area contributed by atoms with Crippen molar-refractivity contribution in [2.75, 3.05) is 18.5 Å². The van der Waals surface area contributed by atoms with Crippen LogP contribution in [0.4, 0.5) is 5.95 Å². The molecule has 0 saturated carbocycles. The number of carboxylic acid groups (broad SMARTS) is 1. The number of aromatic carboxylic acids is 1. The van der Waals surface area contributed by atoms with Gasteiger partial charge in [0.2, 0.25) is 5.95 Å². The Morgan fingerprint density at radius 1 is 1.26 bits per heavy atom. The van der Waals surface area contributed by atoms with E-state index in [2.05, 4.69) is 15.3 Å². The van der Waals surface area contributed by atoms with Crippen LogP contribution in [0, 0.1) is 0 Å². The number of nitrogens with one attached hydrogen (secondary N) is 1. The number of carbonyl (C=O) groups is 1. The summed E-state index contributed by atoms with van der Waals surface area (Å²) in [5, 5.41) is 11.7. The highest BCUT2D eigenvalue weighted by atomic mass is 16.5. The van der Waals surface area contributed by atoms with Crippen molar-refractivity contribution in [1.29, 1.82) is 0 Å². The molecule has 0 atom stereocenters. The first kappa shape index (κ1) is 12.8. The summed E-state index contributed by atoms with van der Waals surface area (Å²) in [7, 11) is 0. The Labute approximate surface area is 110 Å². The molecule has 0 aliphatic carbocycles. The molecule has 6 heteroatoms. The molecule has 1 heterocycles. The minimum atomic E-state index is -1.08. The van der Waals surface area contributed by atoms with Gasteiger partial charge in [0.15, 0.2) is 5.69 Å². The summed E-state index contributed by atoms with van der Waals surface area (Å²) in [4.78, 5) is 18.5. The fourth-order valence-electron chi connectivity index (χ4n) is 1.41. The molecule has 2 aromatic rings. The largest absolute Gasteiger partial charge is 0.492 e. The smallest absolute Gasteiger partial charge is 0.354 e. The van der Waals surface area contributed by atoms with Crippen LogP contribution in [0.3, 0.4) is 0 Å². The number of para-hydroxylation sites is 1. The molecule has 2 N–H and O–H groups in total. The molecule has 6 nitrogen and oxygen atoms in total. The molecule has 0 aliphatic rings. The number of hydrogen-bond acceptors (Lipinski definition) is 5. The van der Waals surface area contributed by atoms with Crippen molar-refractivity contribution in [2.24, 2.45) is 0 Å². The first-order valence-corrected chi connectivity index (χ1v) is 5.74. The summed E-state index contributed by atoms with van der Waals surface area (Å²) in [6, 6.07) is 10.8. The minimum Gasteiger partial charge on any atom is -0.492 e. The number of carboxylic acids is 1. The highest BCUT2D eigenvalue weighted by molar-refractivity contribution is 5.85. The molecule has 0 fully saturated rings. The maximum absolute atomic E-state index is 10.7. The van der Waals surface area contributed by atoms with Gasteiger partial charge in [0, 0.05) is 6.20 Å². The van der Waals surface area contributed by atoms with Crippen molar-refractivity contribution in [3.8, 4) is 5.75 Å². The average molecular weight is 259 g/mol. The van der Waals surface area contributed by atoms with E-state index in [1.807, 2.05) is 30.3 Å². The van der Waals surface area contributed by atoms with E-state index in [1.165, 1.54) is 12.3 Å². The van der Waals surface area contributed by atoms with Gasteiger partial charge in [0.1, 0.15) is 12.4 Å². The third-order valence-electron chi connectivity index (χ3n) is 2.27. The first-order chi connectivity index (χ1) is 9.25. The molecule has 1 aromatic carbocycles. The van der Waals surface area contributed by atoms with Crippen LogP contribution in [0.15, 0.2) is 42.6 Å². The topological polar surface area (TPSA) is 84.3 Å². The van der Waals surface area contributed by atoms with Gasteiger partial charge in [0.25, 0.3) is 0 Å². The summed E-state index contributed by atoms with van der Waals surface area (Å²) >= 11 is 0. The molecule has 0 spiro atoms. The van der Waals surface area contributed by atoms with Crippen LogP contribution in [0.25, 0.3) is 0 Å². The number of anilines is 1. The Morgan fingerprint density at radius 3 is 2.79 bits per heavy atom. The van der Waals surface area contributed by atoms with E-state index in [-0.39, 0.29) is 11.6 Å². The van der Waals surface area contributed by atoms with Crippen LogP contribution in [-0.4, -0.2) is 34.2 Å². The number of nitrogens with zero attached hydrogens (tertiary/aromatic N) is 2. The fraction of sp³-hybridized carbons (Fsp3) is 0.154. The van der Waals surface area contributed by atoms with Gasteiger partial charge in [-0.15, -0.1) is 0 Å². The van der Waals surface area contributed by atoms with Crippen molar-refractivity contribution in [3.05, 3.63) is 48.3 Å². The molecular formula is C13H13N3O3. The van der Waals surface area contributed by atoms with Crippen molar-refractivity contribution in [1.82, 2.24) is 9.97 Å². The summed E-state index contributed by atoms with van der Waals surface area (Å²) < 4.78 is 5.47. The van der Waals surface area contributed by atoms with Crippen molar-refractivity contribution in [3.63, 3.8) is 0 Å². The molecule has 0 unspecified atom stereocenters. The van der Waals surface area contributed by atoms with Gasteiger partial charge < -0.3 is 15.2 Å². The molecule has 0 aliphatic heterocycles. The van der Waals surface area contributed by atoms with Crippen molar-refractivity contribution >= 4 is 11.9 Å². The zero-order chi connectivity index (χ0) is 13.5. The second kappa shape index (κ2) is 6.34. The van der Waals surface area contributed by atoms with Gasteiger partial charge >= 0.3 is 5.97 Å². The van der Waals surface area contributed by atoms with Crippen LogP contribution >= 0.6 is 0 Å². The Bertz CT molecular complexity index is 546. The summed E-state index contributed by atoms with van der Waals surface area (Å²) in [6.07, 6.45) is 1.40. The number of aromatic nitrogens is 2. The monoisotopic (exact) mass is 259 g/mol.